The van der Waals surface area contributed by atoms with Crippen molar-refractivity contribution in [3.05, 3.63) is 47.5 Å². The lowest BCUT2D eigenvalue weighted by Crippen LogP contribution is -2.19. The zero-order valence-electron chi connectivity index (χ0n) is 12.6. The van der Waals surface area contributed by atoms with Crippen LogP contribution in [0.3, 0.4) is 0 Å². The van der Waals surface area contributed by atoms with E-state index in [4.69, 9.17) is 11.6 Å². The first-order valence-corrected chi connectivity index (χ1v) is 8.21. The Balaban J connectivity index is 1.64. The Morgan fingerprint density at radius 3 is 2.33 bits per heavy atom. The maximum atomic E-state index is 12.0. The molecule has 3 amide bonds. The van der Waals surface area contributed by atoms with Crippen LogP contribution in [0.1, 0.15) is 6.92 Å². The first kappa shape index (κ1) is 16.2. The van der Waals surface area contributed by atoms with E-state index in [1.165, 1.54) is 18.3 Å². The summed E-state index contributed by atoms with van der Waals surface area (Å²) in [6.45, 7) is 1.44. The van der Waals surface area contributed by atoms with Crippen molar-refractivity contribution in [3.63, 3.8) is 0 Å². The lowest BCUT2D eigenvalue weighted by atomic mass is 10.3. The Morgan fingerprint density at radius 2 is 1.67 bits per heavy atom. The van der Waals surface area contributed by atoms with E-state index < -0.39 is 6.03 Å². The molecular formula is C16H13ClN4O2S. The van der Waals surface area contributed by atoms with E-state index in [0.717, 1.165) is 10.2 Å². The molecule has 0 aliphatic rings. The first-order chi connectivity index (χ1) is 11.5. The van der Waals surface area contributed by atoms with E-state index in [9.17, 15) is 9.59 Å². The van der Waals surface area contributed by atoms with E-state index in [0.29, 0.717) is 21.5 Å². The standard InChI is InChI=1S/C16H13ClN4O2S/c1-9(22)18-11-3-5-12(6-4-11)19-15(23)21-16-20-13-7-2-10(17)8-14(13)24-16/h2-8H,1H3,(H,18,22)(H2,19,20,21,23). The van der Waals surface area contributed by atoms with Gasteiger partial charge in [0.05, 0.1) is 10.2 Å². The number of nitrogens with zero attached hydrogens (tertiary/aromatic N) is 1. The number of amides is 3. The number of fused-ring (bicyclic) bond motifs is 1. The molecule has 3 N–H and O–H groups in total. The molecule has 0 aliphatic heterocycles. The zero-order valence-corrected chi connectivity index (χ0v) is 14.2. The van der Waals surface area contributed by atoms with Gasteiger partial charge in [-0.15, -0.1) is 0 Å². The van der Waals surface area contributed by atoms with Crippen LogP contribution in [0.5, 0.6) is 0 Å². The van der Waals surface area contributed by atoms with Gasteiger partial charge in [-0.3, -0.25) is 10.1 Å². The molecule has 0 atom stereocenters. The molecule has 24 heavy (non-hydrogen) atoms. The summed E-state index contributed by atoms with van der Waals surface area (Å²) >= 11 is 7.28. The number of carbonyl (C=O) groups is 2. The van der Waals surface area contributed by atoms with E-state index >= 15 is 0 Å². The lowest BCUT2D eigenvalue weighted by Gasteiger charge is -2.07. The number of urea groups is 1. The normalized spacial score (nSPS) is 10.4. The molecule has 6 nitrogen and oxygen atoms in total. The van der Waals surface area contributed by atoms with Crippen molar-refractivity contribution in [2.45, 2.75) is 6.92 Å². The number of hydrogen-bond acceptors (Lipinski definition) is 4. The van der Waals surface area contributed by atoms with Crippen molar-refractivity contribution < 1.29 is 9.59 Å². The van der Waals surface area contributed by atoms with Crippen LogP contribution in [0.2, 0.25) is 5.02 Å². The third-order valence-corrected chi connectivity index (χ3v) is 4.20. The van der Waals surface area contributed by atoms with Crippen LogP contribution in [0.25, 0.3) is 10.2 Å². The van der Waals surface area contributed by atoms with Crippen molar-refractivity contribution >= 4 is 61.6 Å². The van der Waals surface area contributed by atoms with Gasteiger partial charge in [0.15, 0.2) is 5.13 Å². The van der Waals surface area contributed by atoms with Gasteiger partial charge in [-0.05, 0) is 42.5 Å². The predicted octanol–water partition coefficient (Wildman–Crippen LogP) is 4.55. The topological polar surface area (TPSA) is 83.1 Å². The number of thiazole rings is 1. The number of aromatic nitrogens is 1. The molecule has 0 aliphatic carbocycles. The first-order valence-electron chi connectivity index (χ1n) is 7.01. The van der Waals surface area contributed by atoms with Gasteiger partial charge < -0.3 is 10.6 Å². The Morgan fingerprint density at radius 1 is 1.00 bits per heavy atom. The van der Waals surface area contributed by atoms with Crippen LogP contribution in [0, 0.1) is 0 Å². The van der Waals surface area contributed by atoms with Crippen LogP contribution in [0.15, 0.2) is 42.5 Å². The molecule has 0 radical (unpaired) electrons. The SMILES string of the molecule is CC(=O)Nc1ccc(NC(=O)Nc2nc3ccc(Cl)cc3s2)cc1. The van der Waals surface area contributed by atoms with Gasteiger partial charge in [-0.25, -0.2) is 9.78 Å². The van der Waals surface area contributed by atoms with Crippen LogP contribution in [-0.2, 0) is 4.79 Å². The smallest absolute Gasteiger partial charge is 0.325 e. The Hall–Kier alpha value is -2.64. The molecule has 2 aromatic carbocycles. The molecule has 122 valence electrons. The number of carbonyl (C=O) groups excluding carboxylic acids is 2. The number of anilines is 3. The van der Waals surface area contributed by atoms with Gasteiger partial charge >= 0.3 is 6.03 Å². The van der Waals surface area contributed by atoms with Crippen LogP contribution in [-0.4, -0.2) is 16.9 Å². The van der Waals surface area contributed by atoms with Gasteiger partial charge in [0.1, 0.15) is 0 Å². The minimum Gasteiger partial charge on any atom is -0.326 e. The van der Waals surface area contributed by atoms with Gasteiger partial charge in [0.2, 0.25) is 5.91 Å². The van der Waals surface area contributed by atoms with Gasteiger partial charge in [-0.1, -0.05) is 22.9 Å². The average Bonchev–Trinajstić information content (AvgIpc) is 2.89. The molecule has 1 aromatic heterocycles. The number of benzene rings is 2. The highest BCUT2D eigenvalue weighted by Gasteiger charge is 2.08. The van der Waals surface area contributed by atoms with Gasteiger partial charge in [0, 0.05) is 23.3 Å². The van der Waals surface area contributed by atoms with E-state index in [-0.39, 0.29) is 5.91 Å². The minimum atomic E-state index is -0.396. The molecule has 0 unspecified atom stereocenters. The molecule has 0 saturated carbocycles. The number of rotatable bonds is 3. The lowest BCUT2D eigenvalue weighted by molar-refractivity contribution is -0.114. The molecule has 0 fully saturated rings. The molecule has 0 spiro atoms. The number of halogens is 1. The van der Waals surface area contributed by atoms with Gasteiger partial charge in [0.25, 0.3) is 0 Å². The third kappa shape index (κ3) is 4.01. The van der Waals surface area contributed by atoms with E-state index in [1.807, 2.05) is 0 Å². The fourth-order valence-corrected chi connectivity index (χ4v) is 3.19. The highest BCUT2D eigenvalue weighted by Crippen LogP contribution is 2.28. The highest BCUT2D eigenvalue weighted by molar-refractivity contribution is 7.22. The van der Waals surface area contributed by atoms with Crippen LogP contribution < -0.4 is 16.0 Å². The maximum absolute atomic E-state index is 12.0. The summed E-state index contributed by atoms with van der Waals surface area (Å²) in [6, 6.07) is 11.8. The average molecular weight is 361 g/mol. The summed E-state index contributed by atoms with van der Waals surface area (Å²) in [5, 5.41) is 9.17. The van der Waals surface area contributed by atoms with Crippen LogP contribution in [0.4, 0.5) is 21.3 Å². The molecule has 0 saturated heterocycles. The number of hydrogen-bond donors (Lipinski definition) is 3. The van der Waals surface area contributed by atoms with Crippen molar-refractivity contribution in [1.82, 2.24) is 4.98 Å². The quantitative estimate of drug-likeness (QED) is 0.640. The summed E-state index contributed by atoms with van der Waals surface area (Å²) in [6.07, 6.45) is 0. The van der Waals surface area contributed by atoms with Crippen molar-refractivity contribution in [3.8, 4) is 0 Å². The van der Waals surface area contributed by atoms with E-state index in [2.05, 4.69) is 20.9 Å². The monoisotopic (exact) mass is 360 g/mol. The largest absolute Gasteiger partial charge is 0.326 e. The summed E-state index contributed by atoms with van der Waals surface area (Å²) < 4.78 is 0.900. The summed E-state index contributed by atoms with van der Waals surface area (Å²) in [4.78, 5) is 27.3. The third-order valence-electron chi connectivity index (χ3n) is 3.03. The van der Waals surface area contributed by atoms with E-state index in [1.54, 1.807) is 42.5 Å². The number of nitrogens with one attached hydrogen (secondary N) is 3. The zero-order chi connectivity index (χ0) is 17.1. The fourth-order valence-electron chi connectivity index (χ4n) is 2.05. The van der Waals surface area contributed by atoms with Crippen molar-refractivity contribution in [1.29, 1.82) is 0 Å². The summed E-state index contributed by atoms with van der Waals surface area (Å²) in [5.74, 6) is -0.149. The second kappa shape index (κ2) is 6.86. The molecule has 3 rings (SSSR count). The maximum Gasteiger partial charge on any atom is 0.325 e. The molecule has 8 heteroatoms. The molecule has 3 aromatic rings. The molecular weight excluding hydrogens is 348 g/mol. The Kier molecular flexibility index (Phi) is 4.64. The Bertz CT molecular complexity index is 908. The predicted molar refractivity (Wildman–Crippen MR) is 98.0 cm³/mol. The Labute approximate surface area is 146 Å². The molecule has 1 heterocycles. The minimum absolute atomic E-state index is 0.149. The van der Waals surface area contributed by atoms with Gasteiger partial charge in [-0.2, -0.15) is 0 Å². The van der Waals surface area contributed by atoms with Crippen molar-refractivity contribution in [2.75, 3.05) is 16.0 Å². The summed E-state index contributed by atoms with van der Waals surface area (Å²) in [5.41, 5.74) is 2.04. The molecule has 0 bridgehead atoms. The van der Waals surface area contributed by atoms with Crippen LogP contribution >= 0.6 is 22.9 Å². The van der Waals surface area contributed by atoms with Crippen molar-refractivity contribution in [2.24, 2.45) is 0 Å². The summed E-state index contributed by atoms with van der Waals surface area (Å²) in [7, 11) is 0. The highest BCUT2D eigenvalue weighted by atomic mass is 35.5. The second-order valence-corrected chi connectivity index (χ2v) is 6.44. The fraction of sp³-hybridized carbons (Fsp3) is 0.0625. The second-order valence-electron chi connectivity index (χ2n) is 4.97.